The SMILES string of the molecule is CN(C(=O)OC1CC2CCC(C1)N2)c1ccc(F)cc1-c1ccsc1. The van der Waals surface area contributed by atoms with Gasteiger partial charge in [-0.2, -0.15) is 11.3 Å². The second-order valence-electron chi connectivity index (χ2n) is 6.85. The number of hydrogen-bond donors (Lipinski definition) is 1. The molecule has 6 heteroatoms. The van der Waals surface area contributed by atoms with Crippen LogP contribution in [0.2, 0.25) is 0 Å². The molecule has 1 amide bonds. The summed E-state index contributed by atoms with van der Waals surface area (Å²) in [5, 5.41) is 7.43. The van der Waals surface area contributed by atoms with Crippen molar-refractivity contribution in [2.75, 3.05) is 11.9 Å². The molecule has 2 unspecified atom stereocenters. The molecule has 2 atom stereocenters. The zero-order valence-corrected chi connectivity index (χ0v) is 14.9. The van der Waals surface area contributed by atoms with Crippen LogP contribution in [-0.4, -0.2) is 31.3 Å². The molecule has 2 aliphatic rings. The van der Waals surface area contributed by atoms with E-state index in [9.17, 15) is 9.18 Å². The maximum atomic E-state index is 13.7. The van der Waals surface area contributed by atoms with Gasteiger partial charge in [0.25, 0.3) is 0 Å². The van der Waals surface area contributed by atoms with E-state index in [4.69, 9.17) is 4.74 Å². The first-order chi connectivity index (χ1) is 12.1. The highest BCUT2D eigenvalue weighted by atomic mass is 32.1. The van der Waals surface area contributed by atoms with Crippen LogP contribution < -0.4 is 10.2 Å². The van der Waals surface area contributed by atoms with Crippen LogP contribution in [0, 0.1) is 5.82 Å². The number of ether oxygens (including phenoxy) is 1. The number of carbonyl (C=O) groups excluding carboxylic acids is 1. The fraction of sp³-hybridized carbons (Fsp3) is 0.421. The summed E-state index contributed by atoms with van der Waals surface area (Å²) in [5.41, 5.74) is 2.26. The van der Waals surface area contributed by atoms with Gasteiger partial charge in [0.15, 0.2) is 0 Å². The number of fused-ring (bicyclic) bond motifs is 2. The fourth-order valence-electron chi connectivity index (χ4n) is 3.87. The number of carbonyl (C=O) groups is 1. The van der Waals surface area contributed by atoms with Gasteiger partial charge in [-0.3, -0.25) is 4.90 Å². The smallest absolute Gasteiger partial charge is 0.414 e. The second kappa shape index (κ2) is 6.77. The predicted octanol–water partition coefficient (Wildman–Crippen LogP) is 4.41. The largest absolute Gasteiger partial charge is 0.446 e. The van der Waals surface area contributed by atoms with Gasteiger partial charge < -0.3 is 10.1 Å². The Labute approximate surface area is 150 Å². The molecule has 1 aromatic carbocycles. The minimum absolute atomic E-state index is 0.0428. The molecule has 3 heterocycles. The van der Waals surface area contributed by atoms with Crippen LogP contribution in [0.5, 0.6) is 0 Å². The number of anilines is 1. The molecule has 1 aromatic heterocycles. The minimum Gasteiger partial charge on any atom is -0.446 e. The summed E-state index contributed by atoms with van der Waals surface area (Å²) in [5.74, 6) is -0.318. The number of amides is 1. The van der Waals surface area contributed by atoms with Gasteiger partial charge in [0, 0.05) is 24.7 Å². The van der Waals surface area contributed by atoms with Gasteiger partial charge >= 0.3 is 6.09 Å². The molecular formula is C19H21FN2O2S. The van der Waals surface area contributed by atoms with Crippen LogP contribution in [0.25, 0.3) is 11.1 Å². The van der Waals surface area contributed by atoms with E-state index < -0.39 is 0 Å². The Bertz CT molecular complexity index is 753. The fourth-order valence-corrected chi connectivity index (χ4v) is 4.53. The Morgan fingerprint density at radius 3 is 2.72 bits per heavy atom. The third-order valence-corrected chi connectivity index (χ3v) is 5.81. The highest BCUT2D eigenvalue weighted by Gasteiger charge is 2.35. The lowest BCUT2D eigenvalue weighted by Gasteiger charge is -2.30. The Morgan fingerprint density at radius 1 is 1.28 bits per heavy atom. The van der Waals surface area contributed by atoms with Gasteiger partial charge in [0.1, 0.15) is 11.9 Å². The molecule has 4 rings (SSSR count). The van der Waals surface area contributed by atoms with Gasteiger partial charge in [0.05, 0.1) is 5.69 Å². The molecular weight excluding hydrogens is 339 g/mol. The van der Waals surface area contributed by atoms with Crippen molar-refractivity contribution in [2.45, 2.75) is 43.9 Å². The zero-order valence-electron chi connectivity index (χ0n) is 14.1. The summed E-state index contributed by atoms with van der Waals surface area (Å²) in [4.78, 5) is 14.1. The van der Waals surface area contributed by atoms with Crippen LogP contribution in [0.4, 0.5) is 14.9 Å². The van der Waals surface area contributed by atoms with Crippen LogP contribution in [-0.2, 0) is 4.74 Å². The number of nitrogens with one attached hydrogen (secondary N) is 1. The molecule has 1 N–H and O–H groups in total. The van der Waals surface area contributed by atoms with Gasteiger partial charge in [-0.25, -0.2) is 9.18 Å². The van der Waals surface area contributed by atoms with E-state index in [1.807, 2.05) is 16.8 Å². The summed E-state index contributed by atoms with van der Waals surface area (Å²) in [7, 11) is 1.68. The lowest BCUT2D eigenvalue weighted by molar-refractivity contribution is 0.0730. The Kier molecular flexibility index (Phi) is 4.48. The maximum absolute atomic E-state index is 13.7. The van der Waals surface area contributed by atoms with Gasteiger partial charge in [-0.1, -0.05) is 0 Å². The molecule has 25 heavy (non-hydrogen) atoms. The number of benzene rings is 1. The maximum Gasteiger partial charge on any atom is 0.414 e. The number of piperidine rings is 1. The van der Waals surface area contributed by atoms with Gasteiger partial charge in [-0.05, 0) is 66.3 Å². The van der Waals surface area contributed by atoms with Crippen molar-refractivity contribution in [3.8, 4) is 11.1 Å². The molecule has 0 saturated carbocycles. The summed E-state index contributed by atoms with van der Waals surface area (Å²) < 4.78 is 19.5. The van der Waals surface area contributed by atoms with Gasteiger partial charge in [0.2, 0.25) is 0 Å². The number of hydrogen-bond acceptors (Lipinski definition) is 4. The second-order valence-corrected chi connectivity index (χ2v) is 7.63. The van der Waals surface area contributed by atoms with E-state index in [0.717, 1.165) is 31.2 Å². The monoisotopic (exact) mass is 360 g/mol. The van der Waals surface area contributed by atoms with E-state index in [1.54, 1.807) is 24.5 Å². The molecule has 0 aliphatic carbocycles. The normalized spacial score (nSPS) is 25.0. The molecule has 2 aromatic rings. The molecule has 132 valence electrons. The van der Waals surface area contributed by atoms with E-state index >= 15 is 0 Å². The Hall–Kier alpha value is -1.92. The molecule has 2 aliphatic heterocycles. The lowest BCUT2D eigenvalue weighted by atomic mass is 10.0. The van der Waals surface area contributed by atoms with Crippen molar-refractivity contribution in [3.63, 3.8) is 0 Å². The standard InChI is InChI=1S/C19H21FN2O2S/c1-22(19(23)24-16-9-14-3-4-15(10-16)21-14)18-5-2-13(20)8-17(18)12-6-7-25-11-12/h2,5-8,11,14-16,21H,3-4,9-10H2,1H3. The summed E-state index contributed by atoms with van der Waals surface area (Å²) >= 11 is 1.54. The minimum atomic E-state index is -0.380. The average Bonchev–Trinajstić information content (AvgIpc) is 3.24. The van der Waals surface area contributed by atoms with Crippen molar-refractivity contribution < 1.29 is 13.9 Å². The van der Waals surface area contributed by atoms with Crippen LogP contribution in [0.3, 0.4) is 0 Å². The van der Waals surface area contributed by atoms with E-state index in [1.165, 1.54) is 17.0 Å². The molecule has 2 saturated heterocycles. The predicted molar refractivity (Wildman–Crippen MR) is 97.6 cm³/mol. The quantitative estimate of drug-likeness (QED) is 0.881. The highest BCUT2D eigenvalue weighted by Crippen LogP contribution is 2.34. The van der Waals surface area contributed by atoms with Crippen LogP contribution in [0.15, 0.2) is 35.0 Å². The van der Waals surface area contributed by atoms with E-state index in [0.29, 0.717) is 23.3 Å². The number of halogens is 1. The van der Waals surface area contributed by atoms with Crippen LogP contribution >= 0.6 is 11.3 Å². The first-order valence-electron chi connectivity index (χ1n) is 8.62. The molecule has 0 radical (unpaired) electrons. The topological polar surface area (TPSA) is 41.6 Å². The first-order valence-corrected chi connectivity index (χ1v) is 9.57. The first kappa shape index (κ1) is 16.5. The number of rotatable bonds is 3. The third-order valence-electron chi connectivity index (χ3n) is 5.12. The van der Waals surface area contributed by atoms with Crippen molar-refractivity contribution in [1.29, 1.82) is 0 Å². The van der Waals surface area contributed by atoms with Crippen molar-refractivity contribution in [3.05, 3.63) is 40.8 Å². The van der Waals surface area contributed by atoms with E-state index in [2.05, 4.69) is 5.32 Å². The van der Waals surface area contributed by atoms with E-state index in [-0.39, 0.29) is 18.0 Å². The lowest BCUT2D eigenvalue weighted by Crippen LogP contribution is -2.43. The summed E-state index contributed by atoms with van der Waals surface area (Å²) in [6, 6.07) is 7.33. The Balaban J connectivity index is 1.52. The van der Waals surface area contributed by atoms with Crippen molar-refractivity contribution in [2.24, 2.45) is 0 Å². The van der Waals surface area contributed by atoms with Crippen molar-refractivity contribution >= 4 is 23.1 Å². The molecule has 2 fully saturated rings. The third kappa shape index (κ3) is 3.41. The Morgan fingerprint density at radius 2 is 2.04 bits per heavy atom. The van der Waals surface area contributed by atoms with Gasteiger partial charge in [-0.15, -0.1) is 0 Å². The van der Waals surface area contributed by atoms with Crippen molar-refractivity contribution in [1.82, 2.24) is 5.32 Å². The number of nitrogens with zero attached hydrogens (tertiary/aromatic N) is 1. The molecule has 0 spiro atoms. The molecule has 2 bridgehead atoms. The van der Waals surface area contributed by atoms with Crippen LogP contribution in [0.1, 0.15) is 25.7 Å². The number of thiophene rings is 1. The zero-order chi connectivity index (χ0) is 17.4. The molecule has 4 nitrogen and oxygen atoms in total. The highest BCUT2D eigenvalue weighted by molar-refractivity contribution is 7.08. The average molecular weight is 360 g/mol. The summed E-state index contributed by atoms with van der Waals surface area (Å²) in [6.45, 7) is 0. The summed E-state index contributed by atoms with van der Waals surface area (Å²) in [6.07, 6.45) is 3.64.